The number of sulfonamides is 1. The maximum atomic E-state index is 12.6. The molecule has 0 bridgehead atoms. The molecule has 1 heterocycles. The van der Waals surface area contributed by atoms with Crippen LogP contribution >= 0.6 is 11.6 Å². The molecular weight excluding hydrogens is 370 g/mol. The summed E-state index contributed by atoms with van der Waals surface area (Å²) >= 11 is 6.04. The first-order valence-electron chi connectivity index (χ1n) is 8.75. The van der Waals surface area contributed by atoms with Gasteiger partial charge in [-0.15, -0.1) is 0 Å². The van der Waals surface area contributed by atoms with Crippen molar-refractivity contribution in [1.29, 1.82) is 0 Å². The normalized spacial score (nSPS) is 20.6. The molecule has 0 spiro atoms. The van der Waals surface area contributed by atoms with Gasteiger partial charge in [0.05, 0.1) is 5.02 Å². The van der Waals surface area contributed by atoms with Gasteiger partial charge in [-0.25, -0.2) is 12.7 Å². The summed E-state index contributed by atoms with van der Waals surface area (Å²) < 4.78 is 26.6. The summed E-state index contributed by atoms with van der Waals surface area (Å²) in [6.45, 7) is 0.460. The average Bonchev–Trinajstić information content (AvgIpc) is 3.11. The number of nitrogens with zero attached hydrogens (tertiary/aromatic N) is 1. The lowest BCUT2D eigenvalue weighted by atomic mass is 10.00. The van der Waals surface area contributed by atoms with Crippen molar-refractivity contribution in [3.05, 3.63) is 65.2 Å². The minimum absolute atomic E-state index is 0.161. The second-order valence-corrected chi connectivity index (χ2v) is 9.00. The Balaban J connectivity index is 1.50. The number of rotatable bonds is 7. The molecule has 5 nitrogen and oxygen atoms in total. The van der Waals surface area contributed by atoms with Crippen molar-refractivity contribution in [2.75, 3.05) is 13.6 Å². The monoisotopic (exact) mass is 393 g/mol. The molecule has 2 aromatic rings. The van der Waals surface area contributed by atoms with Gasteiger partial charge < -0.3 is 0 Å². The van der Waals surface area contributed by atoms with Gasteiger partial charge in [-0.1, -0.05) is 54.1 Å². The summed E-state index contributed by atoms with van der Waals surface area (Å²) in [7, 11) is -1.95. The van der Waals surface area contributed by atoms with Crippen molar-refractivity contribution >= 4 is 21.6 Å². The van der Waals surface area contributed by atoms with E-state index in [9.17, 15) is 8.42 Å². The van der Waals surface area contributed by atoms with Crippen LogP contribution in [0.1, 0.15) is 30.9 Å². The fraction of sp³-hybridized carbons (Fsp3) is 0.368. The Hall–Kier alpha value is -1.44. The minimum Gasteiger partial charge on any atom is -0.254 e. The molecule has 2 unspecified atom stereocenters. The molecule has 1 aliphatic heterocycles. The molecule has 0 radical (unpaired) electrons. The number of benzene rings is 2. The Morgan fingerprint density at radius 1 is 1.08 bits per heavy atom. The van der Waals surface area contributed by atoms with Crippen molar-refractivity contribution in [3.8, 4) is 0 Å². The smallest absolute Gasteiger partial charge is 0.244 e. The van der Waals surface area contributed by atoms with Gasteiger partial charge in [-0.05, 0) is 37.0 Å². The maximum absolute atomic E-state index is 12.6. The first-order chi connectivity index (χ1) is 12.5. The molecule has 2 aromatic carbocycles. The molecule has 140 valence electrons. The van der Waals surface area contributed by atoms with Gasteiger partial charge in [0.15, 0.2) is 0 Å². The standard InChI is InChI=1S/C19H24ClN3O2S/c1-23(26(24,25)19-12-6-5-11-17(19)20)13-7-10-16-14-18(22-21-16)15-8-3-2-4-9-15/h2-6,8-9,11-12,16,18,21-22H,7,10,13-14H2,1H3. The molecule has 1 saturated heterocycles. The van der Waals surface area contributed by atoms with Crippen LogP contribution in [0, 0.1) is 0 Å². The second-order valence-electron chi connectivity index (χ2n) is 6.58. The van der Waals surface area contributed by atoms with Crippen molar-refractivity contribution < 1.29 is 8.42 Å². The fourth-order valence-corrected chi connectivity index (χ4v) is 4.92. The minimum atomic E-state index is -3.55. The third-order valence-corrected chi connectivity index (χ3v) is 7.09. The van der Waals surface area contributed by atoms with Gasteiger partial charge in [0.2, 0.25) is 10.0 Å². The molecule has 1 aliphatic rings. The summed E-state index contributed by atoms with van der Waals surface area (Å²) in [5.41, 5.74) is 7.91. The first-order valence-corrected chi connectivity index (χ1v) is 10.6. The van der Waals surface area contributed by atoms with Crippen LogP contribution in [0.4, 0.5) is 0 Å². The van der Waals surface area contributed by atoms with E-state index in [1.54, 1.807) is 31.3 Å². The van der Waals surface area contributed by atoms with Gasteiger partial charge in [0.25, 0.3) is 0 Å². The molecule has 2 atom stereocenters. The molecule has 0 aliphatic carbocycles. The van der Waals surface area contributed by atoms with E-state index in [2.05, 4.69) is 23.0 Å². The van der Waals surface area contributed by atoms with E-state index < -0.39 is 10.0 Å². The number of hydrogen-bond donors (Lipinski definition) is 2. The summed E-state index contributed by atoms with van der Waals surface area (Å²) in [6.07, 6.45) is 2.67. The lowest BCUT2D eigenvalue weighted by Gasteiger charge is -2.19. The number of nitrogens with one attached hydrogen (secondary N) is 2. The third-order valence-electron chi connectivity index (χ3n) is 4.73. The highest BCUT2D eigenvalue weighted by Crippen LogP contribution is 2.25. The molecule has 0 aromatic heterocycles. The molecule has 0 saturated carbocycles. The van der Waals surface area contributed by atoms with E-state index in [4.69, 9.17) is 11.6 Å². The summed E-state index contributed by atoms with van der Waals surface area (Å²) in [5.74, 6) is 0. The zero-order chi connectivity index (χ0) is 18.6. The molecule has 7 heteroatoms. The predicted octanol–water partition coefficient (Wildman–Crippen LogP) is 3.35. The Labute approximate surface area is 160 Å². The highest BCUT2D eigenvalue weighted by Gasteiger charge is 2.26. The number of hydrazine groups is 1. The van der Waals surface area contributed by atoms with Gasteiger partial charge >= 0.3 is 0 Å². The van der Waals surface area contributed by atoms with Crippen molar-refractivity contribution in [2.24, 2.45) is 0 Å². The molecule has 2 N–H and O–H groups in total. The van der Waals surface area contributed by atoms with Gasteiger partial charge in [0, 0.05) is 25.7 Å². The molecular formula is C19H24ClN3O2S. The van der Waals surface area contributed by atoms with Crippen LogP contribution in [-0.2, 0) is 10.0 Å². The van der Waals surface area contributed by atoms with Crippen LogP contribution in [0.5, 0.6) is 0 Å². The van der Waals surface area contributed by atoms with E-state index in [0.717, 1.165) is 19.3 Å². The van der Waals surface area contributed by atoms with Crippen molar-refractivity contribution in [2.45, 2.75) is 36.2 Å². The van der Waals surface area contributed by atoms with Crippen molar-refractivity contribution in [3.63, 3.8) is 0 Å². The predicted molar refractivity (Wildman–Crippen MR) is 104 cm³/mol. The van der Waals surface area contributed by atoms with E-state index in [-0.39, 0.29) is 9.92 Å². The lowest BCUT2D eigenvalue weighted by Crippen LogP contribution is -2.32. The lowest BCUT2D eigenvalue weighted by molar-refractivity contribution is 0.428. The van der Waals surface area contributed by atoms with Gasteiger partial charge in [0.1, 0.15) is 4.90 Å². The third kappa shape index (κ3) is 4.45. The topological polar surface area (TPSA) is 61.4 Å². The highest BCUT2D eigenvalue weighted by molar-refractivity contribution is 7.89. The molecule has 3 rings (SSSR count). The first kappa shape index (κ1) is 19.3. The maximum Gasteiger partial charge on any atom is 0.244 e. The quantitative estimate of drug-likeness (QED) is 0.757. The fourth-order valence-electron chi connectivity index (χ4n) is 3.22. The zero-order valence-corrected chi connectivity index (χ0v) is 16.3. The van der Waals surface area contributed by atoms with E-state index in [1.165, 1.54) is 9.87 Å². The Morgan fingerprint density at radius 3 is 2.50 bits per heavy atom. The van der Waals surface area contributed by atoms with E-state index in [1.807, 2.05) is 18.2 Å². The molecule has 1 fully saturated rings. The Morgan fingerprint density at radius 2 is 1.77 bits per heavy atom. The average molecular weight is 394 g/mol. The number of halogens is 1. The van der Waals surface area contributed by atoms with Crippen LogP contribution < -0.4 is 10.9 Å². The summed E-state index contributed by atoms with van der Waals surface area (Å²) in [5, 5.41) is 0.256. The largest absolute Gasteiger partial charge is 0.254 e. The SMILES string of the molecule is CN(CCCC1CC(c2ccccc2)NN1)S(=O)(=O)c1ccccc1Cl. The van der Waals surface area contributed by atoms with Crippen LogP contribution in [0.15, 0.2) is 59.5 Å². The highest BCUT2D eigenvalue weighted by atomic mass is 35.5. The zero-order valence-electron chi connectivity index (χ0n) is 14.7. The molecule has 26 heavy (non-hydrogen) atoms. The van der Waals surface area contributed by atoms with Crippen LogP contribution in [0.25, 0.3) is 0 Å². The van der Waals surface area contributed by atoms with Gasteiger partial charge in [-0.2, -0.15) is 0 Å². The van der Waals surface area contributed by atoms with E-state index >= 15 is 0 Å². The Bertz CT molecular complexity index is 830. The van der Waals surface area contributed by atoms with Crippen LogP contribution in [0.3, 0.4) is 0 Å². The summed E-state index contributed by atoms with van der Waals surface area (Å²) in [6, 6.07) is 17.5. The summed E-state index contributed by atoms with van der Waals surface area (Å²) in [4.78, 5) is 0.161. The second kappa shape index (κ2) is 8.50. The molecule has 0 amide bonds. The van der Waals surface area contributed by atoms with Gasteiger partial charge in [-0.3, -0.25) is 10.9 Å². The Kier molecular flexibility index (Phi) is 6.32. The van der Waals surface area contributed by atoms with Crippen LogP contribution in [-0.4, -0.2) is 32.4 Å². The van der Waals surface area contributed by atoms with Crippen LogP contribution in [0.2, 0.25) is 5.02 Å². The van der Waals surface area contributed by atoms with Crippen molar-refractivity contribution in [1.82, 2.24) is 15.2 Å². The van der Waals surface area contributed by atoms with E-state index in [0.29, 0.717) is 18.6 Å². The number of hydrogen-bond acceptors (Lipinski definition) is 4.